The Kier molecular flexibility index (Phi) is 33.1. The van der Waals surface area contributed by atoms with Crippen molar-refractivity contribution in [2.24, 2.45) is 0 Å². The lowest BCUT2D eigenvalue weighted by molar-refractivity contribution is -0.161. The van der Waals surface area contributed by atoms with E-state index in [1.807, 2.05) is 0 Å². The quantitative estimate of drug-likeness (QED) is 0.0470. The second-order valence-electron chi connectivity index (χ2n) is 11.9. The van der Waals surface area contributed by atoms with Gasteiger partial charge in [0.25, 0.3) is 0 Å². The number of aliphatic hydroxyl groups excluding tert-OH is 1. The molecule has 0 aliphatic heterocycles. The van der Waals surface area contributed by atoms with Crippen molar-refractivity contribution in [3.8, 4) is 0 Å². The molecule has 0 aromatic rings. The van der Waals surface area contributed by atoms with E-state index in [0.29, 0.717) is 12.8 Å². The van der Waals surface area contributed by atoms with Gasteiger partial charge in [-0.2, -0.15) is 0 Å². The fourth-order valence-corrected chi connectivity index (χ4v) is 4.86. The highest BCUT2D eigenvalue weighted by Gasteiger charge is 2.16. The molecule has 0 rings (SSSR count). The number of allylic oxidation sites excluding steroid dienone is 6. The second kappa shape index (κ2) is 34.6. The average Bonchev–Trinajstić information content (AvgIpc) is 3.01. The summed E-state index contributed by atoms with van der Waals surface area (Å²) in [5.41, 5.74) is 0. The van der Waals surface area contributed by atoms with Crippen LogP contribution in [-0.2, 0) is 19.1 Å². The molecule has 250 valence electrons. The summed E-state index contributed by atoms with van der Waals surface area (Å²) in [6, 6.07) is 0. The van der Waals surface area contributed by atoms with Crippen LogP contribution >= 0.6 is 0 Å². The van der Waals surface area contributed by atoms with Crippen LogP contribution in [0.25, 0.3) is 0 Å². The number of aliphatic hydroxyl groups is 1. The Bertz CT molecular complexity index is 696. The third-order valence-corrected chi connectivity index (χ3v) is 7.66. The van der Waals surface area contributed by atoms with E-state index in [1.54, 1.807) is 0 Å². The van der Waals surface area contributed by atoms with Crippen LogP contribution in [0.15, 0.2) is 36.5 Å². The molecule has 0 aromatic carbocycles. The number of carbonyl (C=O) groups is 2. The van der Waals surface area contributed by atoms with E-state index in [2.05, 4.69) is 50.3 Å². The smallest absolute Gasteiger partial charge is 0.306 e. The Morgan fingerprint density at radius 2 is 0.953 bits per heavy atom. The monoisotopic (exact) mass is 605 g/mol. The summed E-state index contributed by atoms with van der Waals surface area (Å²) in [7, 11) is 0. The fourth-order valence-electron chi connectivity index (χ4n) is 4.86. The zero-order chi connectivity index (χ0) is 31.5. The molecule has 0 spiro atoms. The molecular formula is C38H68O5. The molecule has 0 aliphatic carbocycles. The molecule has 0 saturated carbocycles. The summed E-state index contributed by atoms with van der Waals surface area (Å²) in [5, 5.41) is 9.52. The van der Waals surface area contributed by atoms with Crippen LogP contribution in [0.3, 0.4) is 0 Å². The van der Waals surface area contributed by atoms with Gasteiger partial charge in [0.05, 0.1) is 6.61 Å². The van der Waals surface area contributed by atoms with Crippen LogP contribution in [-0.4, -0.2) is 36.4 Å². The second-order valence-corrected chi connectivity index (χ2v) is 11.9. The summed E-state index contributed by atoms with van der Waals surface area (Å²) in [4.78, 5) is 24.2. The van der Waals surface area contributed by atoms with Crippen LogP contribution in [0.4, 0.5) is 0 Å². The summed E-state index contributed by atoms with van der Waals surface area (Å²) in [5.74, 6) is -0.618. The molecule has 5 heteroatoms. The van der Waals surface area contributed by atoms with Gasteiger partial charge >= 0.3 is 11.9 Å². The van der Waals surface area contributed by atoms with Crippen LogP contribution in [0.1, 0.15) is 174 Å². The molecule has 5 nitrogen and oxygen atoms in total. The molecule has 0 unspecified atom stereocenters. The zero-order valence-corrected chi connectivity index (χ0v) is 28.2. The Labute approximate surface area is 266 Å². The lowest BCUT2D eigenvalue weighted by Gasteiger charge is -2.15. The van der Waals surface area contributed by atoms with Crippen molar-refractivity contribution in [3.63, 3.8) is 0 Å². The van der Waals surface area contributed by atoms with Gasteiger partial charge in [-0.1, -0.05) is 134 Å². The van der Waals surface area contributed by atoms with Crippen molar-refractivity contribution >= 4 is 11.9 Å². The summed E-state index contributed by atoms with van der Waals surface area (Å²) < 4.78 is 10.6. The number of hydrogen-bond acceptors (Lipinski definition) is 5. The Balaban J connectivity index is 3.61. The Hall–Kier alpha value is -1.88. The van der Waals surface area contributed by atoms with E-state index in [0.717, 1.165) is 57.8 Å². The molecule has 0 fully saturated rings. The normalized spacial score (nSPS) is 12.5. The Morgan fingerprint density at radius 3 is 1.47 bits per heavy atom. The number of hydrogen-bond donors (Lipinski definition) is 1. The molecule has 0 heterocycles. The van der Waals surface area contributed by atoms with Crippen LogP contribution in [0.2, 0.25) is 0 Å². The maximum Gasteiger partial charge on any atom is 0.306 e. The molecule has 0 saturated heterocycles. The minimum Gasteiger partial charge on any atom is -0.462 e. The molecule has 0 aromatic heterocycles. The van der Waals surface area contributed by atoms with Gasteiger partial charge in [-0.3, -0.25) is 9.59 Å². The summed E-state index contributed by atoms with van der Waals surface area (Å²) in [6.07, 6.45) is 40.5. The molecule has 0 amide bonds. The molecule has 43 heavy (non-hydrogen) atoms. The highest BCUT2D eigenvalue weighted by Crippen LogP contribution is 2.12. The van der Waals surface area contributed by atoms with Crippen LogP contribution in [0.5, 0.6) is 0 Å². The summed E-state index contributed by atoms with van der Waals surface area (Å²) in [6.45, 7) is 4.06. The van der Waals surface area contributed by atoms with E-state index < -0.39 is 6.10 Å². The molecule has 0 radical (unpaired) electrons. The third kappa shape index (κ3) is 32.9. The van der Waals surface area contributed by atoms with Gasteiger partial charge < -0.3 is 14.6 Å². The van der Waals surface area contributed by atoms with Crippen molar-refractivity contribution in [1.29, 1.82) is 0 Å². The predicted octanol–water partition coefficient (Wildman–Crippen LogP) is 10.9. The van der Waals surface area contributed by atoms with Crippen molar-refractivity contribution in [2.75, 3.05) is 13.2 Å². The minimum absolute atomic E-state index is 0.0758. The van der Waals surface area contributed by atoms with Gasteiger partial charge in [-0.25, -0.2) is 0 Å². The number of unbranched alkanes of at least 4 members (excludes halogenated alkanes) is 18. The standard InChI is InChI=1S/C38H68O5/c1-3-5-7-9-11-13-15-17-19-21-23-25-27-29-31-33-38(41)43-36(34-39)35-42-37(40)32-30-28-26-24-22-20-18-16-14-12-10-8-6-4-2/h10,12,16-19,36,39H,3-9,11,13-15,20-35H2,1-2H3/b12-10-,18-16-,19-17-/t36-/m0/s1. The van der Waals surface area contributed by atoms with Gasteiger partial charge in [-0.05, 0) is 64.2 Å². The first-order chi connectivity index (χ1) is 21.1. The van der Waals surface area contributed by atoms with Gasteiger partial charge in [0, 0.05) is 12.8 Å². The maximum atomic E-state index is 12.1. The third-order valence-electron chi connectivity index (χ3n) is 7.66. The van der Waals surface area contributed by atoms with Crippen molar-refractivity contribution in [2.45, 2.75) is 180 Å². The summed E-state index contributed by atoms with van der Waals surface area (Å²) >= 11 is 0. The van der Waals surface area contributed by atoms with Gasteiger partial charge in [0.1, 0.15) is 6.61 Å². The number of ether oxygens (including phenoxy) is 2. The lowest BCUT2D eigenvalue weighted by atomic mass is 10.1. The van der Waals surface area contributed by atoms with Crippen molar-refractivity contribution in [3.05, 3.63) is 36.5 Å². The predicted molar refractivity (Wildman–Crippen MR) is 182 cm³/mol. The zero-order valence-electron chi connectivity index (χ0n) is 28.2. The largest absolute Gasteiger partial charge is 0.462 e. The SMILES string of the molecule is CCCC/C=C\C/C=C\CCCCCCCC(=O)OC[C@H](CO)OC(=O)CCCCCCC/C=C\CCCCCCCC. The highest BCUT2D eigenvalue weighted by molar-refractivity contribution is 5.70. The van der Waals surface area contributed by atoms with E-state index in [4.69, 9.17) is 9.47 Å². The lowest BCUT2D eigenvalue weighted by Crippen LogP contribution is -2.28. The highest BCUT2D eigenvalue weighted by atomic mass is 16.6. The van der Waals surface area contributed by atoms with Gasteiger partial charge in [0.15, 0.2) is 6.10 Å². The van der Waals surface area contributed by atoms with Crippen LogP contribution in [0, 0.1) is 0 Å². The van der Waals surface area contributed by atoms with Crippen molar-refractivity contribution in [1.82, 2.24) is 0 Å². The van der Waals surface area contributed by atoms with E-state index in [9.17, 15) is 14.7 Å². The van der Waals surface area contributed by atoms with E-state index in [-0.39, 0.29) is 25.2 Å². The Morgan fingerprint density at radius 1 is 0.535 bits per heavy atom. The maximum absolute atomic E-state index is 12.1. The molecule has 1 N–H and O–H groups in total. The fraction of sp³-hybridized carbons (Fsp3) is 0.789. The molecule has 0 aliphatic rings. The molecule has 1 atom stereocenters. The first-order valence-corrected chi connectivity index (χ1v) is 18.0. The molecular weight excluding hydrogens is 536 g/mol. The van der Waals surface area contributed by atoms with Gasteiger partial charge in [0.2, 0.25) is 0 Å². The van der Waals surface area contributed by atoms with E-state index in [1.165, 1.54) is 89.9 Å². The molecule has 0 bridgehead atoms. The topological polar surface area (TPSA) is 72.8 Å². The number of rotatable bonds is 32. The van der Waals surface area contributed by atoms with Gasteiger partial charge in [-0.15, -0.1) is 0 Å². The number of carbonyl (C=O) groups excluding carboxylic acids is 2. The van der Waals surface area contributed by atoms with E-state index >= 15 is 0 Å². The average molecular weight is 605 g/mol. The number of esters is 2. The van der Waals surface area contributed by atoms with Crippen LogP contribution < -0.4 is 0 Å². The first kappa shape index (κ1) is 41.1. The first-order valence-electron chi connectivity index (χ1n) is 18.0. The minimum atomic E-state index is -0.778. The van der Waals surface area contributed by atoms with Crippen molar-refractivity contribution < 1.29 is 24.2 Å².